The third-order valence-corrected chi connectivity index (χ3v) is 10.8. The zero-order valence-corrected chi connectivity index (χ0v) is 29.2. The minimum atomic E-state index is -0.444. The van der Waals surface area contributed by atoms with E-state index in [1.807, 2.05) is 18.2 Å². The van der Waals surface area contributed by atoms with Crippen molar-refractivity contribution in [3.05, 3.63) is 215 Å². The van der Waals surface area contributed by atoms with Crippen LogP contribution in [0.2, 0.25) is 0 Å². The fraction of sp³-hybridized carbons (Fsp3) is 0.0800. The molecule has 0 N–H and O–H groups in total. The summed E-state index contributed by atoms with van der Waals surface area (Å²) in [6.45, 7) is 6.59. The van der Waals surface area contributed by atoms with Gasteiger partial charge in [0.05, 0.1) is 5.41 Å². The van der Waals surface area contributed by atoms with Crippen molar-refractivity contribution in [3.63, 3.8) is 0 Å². The summed E-state index contributed by atoms with van der Waals surface area (Å²) in [4.78, 5) is 0. The van der Waals surface area contributed by atoms with E-state index in [0.717, 1.165) is 11.5 Å². The summed E-state index contributed by atoms with van der Waals surface area (Å²) < 4.78 is 6.52. The molecule has 0 fully saturated rings. The number of para-hydroxylation sites is 2. The molecule has 8 aromatic carbocycles. The van der Waals surface area contributed by atoms with Gasteiger partial charge in [-0.3, -0.25) is 0 Å². The Bertz CT molecular complexity index is 2540. The Hall–Kier alpha value is -6.18. The van der Waals surface area contributed by atoms with Crippen LogP contribution in [0.25, 0.3) is 44.2 Å². The molecule has 1 nitrogen and oxygen atoms in total. The number of hydrogen-bond acceptors (Lipinski definition) is 1. The highest BCUT2D eigenvalue weighted by atomic mass is 16.5. The first-order valence-electron chi connectivity index (χ1n) is 17.8. The van der Waals surface area contributed by atoms with Gasteiger partial charge in [0.25, 0.3) is 0 Å². The first kappa shape index (κ1) is 30.8. The van der Waals surface area contributed by atoms with Crippen molar-refractivity contribution in [3.8, 4) is 44.9 Å². The number of ether oxygens (including phenoxy) is 1. The van der Waals surface area contributed by atoms with E-state index in [-0.39, 0.29) is 0 Å². The molecule has 0 saturated heterocycles. The molecule has 0 saturated carbocycles. The summed E-state index contributed by atoms with van der Waals surface area (Å²) in [5.74, 6) is 1.85. The lowest BCUT2D eigenvalue weighted by Crippen LogP contribution is -2.32. The molecule has 1 heterocycles. The summed E-state index contributed by atoms with van der Waals surface area (Å²) >= 11 is 0. The van der Waals surface area contributed by atoms with Gasteiger partial charge in [-0.2, -0.15) is 0 Å². The quantitative estimate of drug-likeness (QED) is 0.180. The van der Waals surface area contributed by atoms with Crippen LogP contribution in [0.3, 0.4) is 0 Å². The second-order valence-corrected chi connectivity index (χ2v) is 13.8. The number of rotatable bonds is 2. The molecule has 0 unspecified atom stereocenters. The van der Waals surface area contributed by atoms with Crippen LogP contribution in [0.5, 0.6) is 11.5 Å². The first-order valence-corrected chi connectivity index (χ1v) is 17.8. The smallest absolute Gasteiger partial charge is 0.132 e. The van der Waals surface area contributed by atoms with Crippen LogP contribution in [0.4, 0.5) is 0 Å². The monoisotopic (exact) mass is 654 g/mol. The highest BCUT2D eigenvalue weighted by molar-refractivity contribution is 5.98. The molecule has 10 rings (SSSR count). The third-order valence-electron chi connectivity index (χ3n) is 10.8. The van der Waals surface area contributed by atoms with Crippen LogP contribution >= 0.6 is 0 Å². The molecule has 1 spiro atoms. The molecular formula is C50H38O. The molecule has 0 amide bonds. The maximum Gasteiger partial charge on any atom is 0.132 e. The van der Waals surface area contributed by atoms with Gasteiger partial charge in [-0.15, -0.1) is 0 Å². The zero-order valence-electron chi connectivity index (χ0n) is 29.2. The molecule has 1 aliphatic heterocycles. The van der Waals surface area contributed by atoms with Crippen LogP contribution in [0.15, 0.2) is 176 Å². The molecule has 0 aromatic heterocycles. The summed E-state index contributed by atoms with van der Waals surface area (Å²) in [5, 5.41) is 2.54. The summed E-state index contributed by atoms with van der Waals surface area (Å²) in [5.41, 5.74) is 16.1. The SMILES string of the molecule is Cc1ccc(-c2cccc3ccccc23)cc1-c1cc2c(cc1C)C1(c3ccccc3Oc3ccccc31)c1ccccc1-2.Cc1ccccc1. The van der Waals surface area contributed by atoms with E-state index in [0.29, 0.717) is 0 Å². The lowest BCUT2D eigenvalue weighted by atomic mass is 9.66. The van der Waals surface area contributed by atoms with Crippen molar-refractivity contribution in [2.75, 3.05) is 0 Å². The van der Waals surface area contributed by atoms with Crippen LogP contribution in [0, 0.1) is 20.8 Å². The predicted octanol–water partition coefficient (Wildman–Crippen LogP) is 13.3. The first-order chi connectivity index (χ1) is 25.0. The molecule has 0 radical (unpaired) electrons. The lowest BCUT2D eigenvalue weighted by molar-refractivity contribution is 0.436. The fourth-order valence-corrected chi connectivity index (χ4v) is 8.39. The number of hydrogen-bond donors (Lipinski definition) is 0. The highest BCUT2D eigenvalue weighted by Gasteiger charge is 2.51. The molecule has 244 valence electrons. The Labute approximate surface area is 300 Å². The number of benzene rings is 8. The second-order valence-electron chi connectivity index (χ2n) is 13.8. The van der Waals surface area contributed by atoms with Gasteiger partial charge in [0.15, 0.2) is 0 Å². The van der Waals surface area contributed by atoms with Crippen LogP contribution in [0.1, 0.15) is 38.9 Å². The molecule has 1 heteroatoms. The molecule has 2 aliphatic rings. The summed E-state index contributed by atoms with van der Waals surface area (Å²) in [6, 6.07) is 63.5. The van der Waals surface area contributed by atoms with Gasteiger partial charge in [0.1, 0.15) is 11.5 Å². The van der Waals surface area contributed by atoms with E-state index in [2.05, 4.69) is 178 Å². The molecule has 51 heavy (non-hydrogen) atoms. The third kappa shape index (κ3) is 4.92. The second kappa shape index (κ2) is 12.3. The molecule has 8 aromatic rings. The molecule has 1 aliphatic carbocycles. The van der Waals surface area contributed by atoms with Gasteiger partial charge >= 0.3 is 0 Å². The fourth-order valence-electron chi connectivity index (χ4n) is 8.39. The van der Waals surface area contributed by atoms with Gasteiger partial charge in [-0.1, -0.05) is 157 Å². The van der Waals surface area contributed by atoms with Crippen molar-refractivity contribution in [2.45, 2.75) is 26.2 Å². The van der Waals surface area contributed by atoms with Gasteiger partial charge in [-0.25, -0.2) is 0 Å². The van der Waals surface area contributed by atoms with E-state index >= 15 is 0 Å². The lowest BCUT2D eigenvalue weighted by Gasteiger charge is -2.39. The average Bonchev–Trinajstić information content (AvgIpc) is 3.44. The minimum Gasteiger partial charge on any atom is -0.457 e. The molecule has 0 atom stereocenters. The van der Waals surface area contributed by atoms with Gasteiger partial charge < -0.3 is 4.74 Å². The standard InChI is InChI=1S/C43H30O.C7H8/c1-27-22-23-30(32-16-11-13-29-12-3-4-14-31(29)32)25-34(27)35-26-36-33-15-5-6-17-37(33)43(40(36)24-28(35)2)38-18-7-9-20-41(38)44-42-21-10-8-19-39(42)43;1-7-5-3-2-4-6-7/h3-26H,1-2H3;2-6H,1H3. The van der Waals surface area contributed by atoms with Crippen molar-refractivity contribution in [2.24, 2.45) is 0 Å². The van der Waals surface area contributed by atoms with Gasteiger partial charge in [0, 0.05) is 11.1 Å². The van der Waals surface area contributed by atoms with Crippen molar-refractivity contribution >= 4 is 10.8 Å². The average molecular weight is 655 g/mol. The van der Waals surface area contributed by atoms with Crippen molar-refractivity contribution < 1.29 is 4.74 Å². The Balaban J connectivity index is 0.000000448. The Kier molecular flexibility index (Phi) is 7.44. The van der Waals surface area contributed by atoms with Gasteiger partial charge in [0.2, 0.25) is 0 Å². The molecule has 0 bridgehead atoms. The zero-order chi connectivity index (χ0) is 34.5. The van der Waals surface area contributed by atoms with Crippen LogP contribution in [-0.2, 0) is 5.41 Å². The molecular weight excluding hydrogens is 617 g/mol. The maximum absolute atomic E-state index is 6.52. The number of aryl methyl sites for hydroxylation is 3. The van der Waals surface area contributed by atoms with Crippen LogP contribution < -0.4 is 4.74 Å². The van der Waals surface area contributed by atoms with Crippen molar-refractivity contribution in [1.29, 1.82) is 0 Å². The van der Waals surface area contributed by atoms with Crippen molar-refractivity contribution in [1.82, 2.24) is 0 Å². The summed E-state index contributed by atoms with van der Waals surface area (Å²) in [7, 11) is 0. The summed E-state index contributed by atoms with van der Waals surface area (Å²) in [6.07, 6.45) is 0. The Morgan fingerprint density at radius 2 is 0.961 bits per heavy atom. The topological polar surface area (TPSA) is 9.23 Å². The van der Waals surface area contributed by atoms with E-state index in [1.165, 1.54) is 83.1 Å². The minimum absolute atomic E-state index is 0.444. The van der Waals surface area contributed by atoms with E-state index in [9.17, 15) is 0 Å². The van der Waals surface area contributed by atoms with Gasteiger partial charge in [-0.05, 0) is 111 Å². The highest BCUT2D eigenvalue weighted by Crippen LogP contribution is 2.62. The number of fused-ring (bicyclic) bond motifs is 10. The largest absolute Gasteiger partial charge is 0.457 e. The maximum atomic E-state index is 6.52. The van der Waals surface area contributed by atoms with E-state index in [4.69, 9.17) is 4.74 Å². The van der Waals surface area contributed by atoms with E-state index in [1.54, 1.807) is 0 Å². The van der Waals surface area contributed by atoms with Crippen LogP contribution in [-0.4, -0.2) is 0 Å². The van der Waals surface area contributed by atoms with E-state index < -0.39 is 5.41 Å². The Morgan fingerprint density at radius 3 is 1.69 bits per heavy atom. The normalized spacial score (nSPS) is 12.9. The predicted molar refractivity (Wildman–Crippen MR) is 213 cm³/mol. The Morgan fingerprint density at radius 1 is 0.373 bits per heavy atom.